The molecule has 3 heterocycles. The predicted octanol–water partition coefficient (Wildman–Crippen LogP) is 2.65. The van der Waals surface area contributed by atoms with Crippen molar-refractivity contribution in [2.45, 2.75) is 6.54 Å². The van der Waals surface area contributed by atoms with E-state index in [2.05, 4.69) is 29.9 Å². The minimum atomic E-state index is -0.576. The maximum absolute atomic E-state index is 11.0. The normalized spacial score (nSPS) is 11.0. The standard InChI is InChI=1S/C15H11N5O2S/c21-15-18-12(20-22-15)7-16-14-10-3-1-2-4-11(10)17-13(19-14)9-5-6-23-8-9/h1-6,8H,7H2,(H,16,17,19)(H,18,20,21). The van der Waals surface area contributed by atoms with Crippen molar-refractivity contribution in [1.82, 2.24) is 20.1 Å². The quantitative estimate of drug-likeness (QED) is 0.599. The lowest BCUT2D eigenvalue weighted by Gasteiger charge is -2.09. The van der Waals surface area contributed by atoms with Crippen LogP contribution in [0, 0.1) is 0 Å². The molecule has 0 spiro atoms. The number of H-pyrrole nitrogens is 1. The molecule has 2 N–H and O–H groups in total. The second kappa shape index (κ2) is 5.65. The first kappa shape index (κ1) is 13.6. The summed E-state index contributed by atoms with van der Waals surface area (Å²) in [6.45, 7) is 0.301. The van der Waals surface area contributed by atoms with Crippen LogP contribution < -0.4 is 11.1 Å². The van der Waals surface area contributed by atoms with Gasteiger partial charge in [0.05, 0.1) is 12.1 Å². The molecule has 0 unspecified atom stereocenters. The average Bonchev–Trinajstić information content (AvgIpc) is 3.24. The Labute approximate surface area is 134 Å². The maximum Gasteiger partial charge on any atom is 0.438 e. The van der Waals surface area contributed by atoms with Crippen molar-refractivity contribution in [2.24, 2.45) is 0 Å². The number of anilines is 1. The van der Waals surface area contributed by atoms with Crippen molar-refractivity contribution in [3.8, 4) is 11.4 Å². The molecule has 114 valence electrons. The van der Waals surface area contributed by atoms with Crippen molar-refractivity contribution in [3.05, 3.63) is 57.5 Å². The molecule has 0 bridgehead atoms. The Bertz CT molecular complexity index is 1010. The molecule has 23 heavy (non-hydrogen) atoms. The van der Waals surface area contributed by atoms with Crippen molar-refractivity contribution >= 4 is 28.1 Å². The van der Waals surface area contributed by atoms with Crippen molar-refractivity contribution in [1.29, 1.82) is 0 Å². The molecule has 8 heteroatoms. The highest BCUT2D eigenvalue weighted by atomic mass is 32.1. The molecule has 0 amide bonds. The lowest BCUT2D eigenvalue weighted by Crippen LogP contribution is -2.06. The van der Waals surface area contributed by atoms with Crippen molar-refractivity contribution in [2.75, 3.05) is 5.32 Å². The van der Waals surface area contributed by atoms with E-state index >= 15 is 0 Å². The van der Waals surface area contributed by atoms with Gasteiger partial charge in [0, 0.05) is 16.3 Å². The second-order valence-corrected chi connectivity index (χ2v) is 5.60. The minimum absolute atomic E-state index is 0.301. The van der Waals surface area contributed by atoms with E-state index in [9.17, 15) is 4.79 Å². The summed E-state index contributed by atoms with van der Waals surface area (Å²) < 4.78 is 4.49. The number of hydrogen-bond acceptors (Lipinski definition) is 7. The fourth-order valence-electron chi connectivity index (χ4n) is 2.24. The van der Waals surface area contributed by atoms with Crippen LogP contribution in [0.2, 0.25) is 0 Å². The molecule has 3 aromatic heterocycles. The second-order valence-electron chi connectivity index (χ2n) is 4.82. The SMILES string of the molecule is O=c1[nH]c(CNc2nc(-c3ccsc3)nc3ccccc23)no1. The summed E-state index contributed by atoms with van der Waals surface area (Å²) in [6, 6.07) is 9.73. The van der Waals surface area contributed by atoms with Gasteiger partial charge < -0.3 is 5.32 Å². The molecule has 0 radical (unpaired) electrons. The zero-order valence-corrected chi connectivity index (χ0v) is 12.6. The molecule has 7 nitrogen and oxygen atoms in total. The Kier molecular flexibility index (Phi) is 3.35. The number of aromatic nitrogens is 4. The van der Waals surface area contributed by atoms with Gasteiger partial charge >= 0.3 is 5.76 Å². The third-order valence-electron chi connectivity index (χ3n) is 3.29. The number of benzene rings is 1. The largest absolute Gasteiger partial charge is 0.438 e. The van der Waals surface area contributed by atoms with Crippen LogP contribution in [0.25, 0.3) is 22.3 Å². The fraction of sp³-hybridized carbons (Fsp3) is 0.0667. The predicted molar refractivity (Wildman–Crippen MR) is 87.3 cm³/mol. The summed E-state index contributed by atoms with van der Waals surface area (Å²) in [5.41, 5.74) is 1.82. The summed E-state index contributed by atoms with van der Waals surface area (Å²) in [5.74, 6) is 1.17. The van der Waals surface area contributed by atoms with E-state index in [0.717, 1.165) is 16.5 Å². The molecular formula is C15H11N5O2S. The summed E-state index contributed by atoms with van der Waals surface area (Å²) in [7, 11) is 0. The molecular weight excluding hydrogens is 314 g/mol. The monoisotopic (exact) mass is 325 g/mol. The van der Waals surface area contributed by atoms with E-state index in [1.165, 1.54) is 0 Å². The Hall–Kier alpha value is -3.00. The zero-order chi connectivity index (χ0) is 15.6. The molecule has 4 rings (SSSR count). The van der Waals surface area contributed by atoms with Gasteiger partial charge in [0.2, 0.25) is 0 Å². The van der Waals surface area contributed by atoms with Crippen LogP contribution in [0.5, 0.6) is 0 Å². The molecule has 0 aliphatic carbocycles. The van der Waals surface area contributed by atoms with Gasteiger partial charge in [-0.15, -0.1) is 0 Å². The highest BCUT2D eigenvalue weighted by Gasteiger charge is 2.10. The highest BCUT2D eigenvalue weighted by Crippen LogP contribution is 2.26. The van der Waals surface area contributed by atoms with Crippen LogP contribution in [0.1, 0.15) is 5.82 Å². The first-order valence-electron chi connectivity index (χ1n) is 6.88. The van der Waals surface area contributed by atoms with Gasteiger partial charge in [-0.05, 0) is 23.6 Å². The third kappa shape index (κ3) is 2.71. The van der Waals surface area contributed by atoms with Crippen LogP contribution in [-0.4, -0.2) is 20.1 Å². The number of thiophene rings is 1. The Morgan fingerprint density at radius 1 is 1.22 bits per heavy atom. The number of para-hydroxylation sites is 1. The van der Waals surface area contributed by atoms with Gasteiger partial charge in [-0.1, -0.05) is 17.3 Å². The first-order chi connectivity index (χ1) is 11.3. The molecule has 0 saturated carbocycles. The molecule has 0 saturated heterocycles. The summed E-state index contributed by atoms with van der Waals surface area (Å²) in [4.78, 5) is 22.7. The van der Waals surface area contributed by atoms with Gasteiger partial charge in [-0.2, -0.15) is 11.3 Å². The Morgan fingerprint density at radius 2 is 2.13 bits per heavy atom. The zero-order valence-electron chi connectivity index (χ0n) is 11.8. The van der Waals surface area contributed by atoms with Crippen molar-refractivity contribution in [3.63, 3.8) is 0 Å². The molecule has 0 aliphatic rings. The number of fused-ring (bicyclic) bond motifs is 1. The molecule has 0 fully saturated rings. The van der Waals surface area contributed by atoms with Crippen LogP contribution in [0.15, 0.2) is 50.4 Å². The van der Waals surface area contributed by atoms with E-state index in [0.29, 0.717) is 24.0 Å². The Balaban J connectivity index is 1.75. The van der Waals surface area contributed by atoms with Gasteiger partial charge in [0.15, 0.2) is 11.6 Å². The number of rotatable bonds is 4. The minimum Gasteiger partial charge on any atom is -0.362 e. The van der Waals surface area contributed by atoms with Gasteiger partial charge in [0.1, 0.15) is 5.82 Å². The van der Waals surface area contributed by atoms with Crippen LogP contribution in [0.4, 0.5) is 5.82 Å². The van der Waals surface area contributed by atoms with E-state index in [1.54, 1.807) is 11.3 Å². The average molecular weight is 325 g/mol. The number of hydrogen-bond donors (Lipinski definition) is 2. The number of nitrogens with one attached hydrogen (secondary N) is 2. The first-order valence-corrected chi connectivity index (χ1v) is 7.82. The van der Waals surface area contributed by atoms with E-state index in [1.807, 2.05) is 41.1 Å². The molecule has 4 aromatic rings. The molecule has 0 aliphatic heterocycles. The van der Waals surface area contributed by atoms with Gasteiger partial charge in [-0.25, -0.2) is 14.8 Å². The van der Waals surface area contributed by atoms with E-state index in [-0.39, 0.29) is 0 Å². The van der Waals surface area contributed by atoms with Crippen LogP contribution in [-0.2, 0) is 6.54 Å². The maximum atomic E-state index is 11.0. The lowest BCUT2D eigenvalue weighted by molar-refractivity contribution is 0.382. The third-order valence-corrected chi connectivity index (χ3v) is 3.97. The van der Waals surface area contributed by atoms with Gasteiger partial charge in [0.25, 0.3) is 0 Å². The van der Waals surface area contributed by atoms with Crippen molar-refractivity contribution < 1.29 is 4.52 Å². The summed E-state index contributed by atoms with van der Waals surface area (Å²) in [6.07, 6.45) is 0. The molecule has 0 atom stereocenters. The number of nitrogens with zero attached hydrogens (tertiary/aromatic N) is 3. The van der Waals surface area contributed by atoms with E-state index < -0.39 is 5.76 Å². The Morgan fingerprint density at radius 3 is 2.91 bits per heavy atom. The van der Waals surface area contributed by atoms with Crippen LogP contribution >= 0.6 is 11.3 Å². The van der Waals surface area contributed by atoms with Crippen LogP contribution in [0.3, 0.4) is 0 Å². The number of aromatic amines is 1. The molecule has 1 aromatic carbocycles. The highest BCUT2D eigenvalue weighted by molar-refractivity contribution is 7.08. The van der Waals surface area contributed by atoms with E-state index in [4.69, 9.17) is 0 Å². The summed E-state index contributed by atoms with van der Waals surface area (Å²) in [5, 5.41) is 11.7. The summed E-state index contributed by atoms with van der Waals surface area (Å²) >= 11 is 1.60. The lowest BCUT2D eigenvalue weighted by atomic mass is 10.2. The fourth-order valence-corrected chi connectivity index (χ4v) is 2.87. The topological polar surface area (TPSA) is 96.7 Å². The smallest absolute Gasteiger partial charge is 0.362 e. The van der Waals surface area contributed by atoms with Gasteiger partial charge in [-0.3, -0.25) is 9.51 Å².